The van der Waals surface area contributed by atoms with E-state index in [1.165, 1.54) is 0 Å². The van der Waals surface area contributed by atoms with Crippen LogP contribution in [0.4, 0.5) is 0 Å². The summed E-state index contributed by atoms with van der Waals surface area (Å²) in [6.07, 6.45) is 5.58. The number of pyridine rings is 1. The van der Waals surface area contributed by atoms with Crippen LogP contribution in [0.3, 0.4) is 0 Å². The fourth-order valence-corrected chi connectivity index (χ4v) is 3.52. The zero-order valence-electron chi connectivity index (χ0n) is 15.1. The van der Waals surface area contributed by atoms with Crippen LogP contribution in [0.5, 0.6) is 0 Å². The highest BCUT2D eigenvalue weighted by Crippen LogP contribution is 2.37. The summed E-state index contributed by atoms with van der Waals surface area (Å²) < 4.78 is 5.52. The molecule has 0 bridgehead atoms. The van der Waals surface area contributed by atoms with Crippen molar-refractivity contribution in [2.75, 3.05) is 19.8 Å². The number of hydrogen-bond acceptors (Lipinski definition) is 4. The summed E-state index contributed by atoms with van der Waals surface area (Å²) >= 11 is 0. The summed E-state index contributed by atoms with van der Waals surface area (Å²) in [7, 11) is 0. The minimum Gasteiger partial charge on any atom is -0.394 e. The number of hydrogen-bond donors (Lipinski definition) is 2. The lowest BCUT2D eigenvalue weighted by atomic mass is 9.73. The van der Waals surface area contributed by atoms with E-state index in [1.54, 1.807) is 12.4 Å². The number of benzene rings is 1. The van der Waals surface area contributed by atoms with Crippen LogP contribution >= 0.6 is 0 Å². The van der Waals surface area contributed by atoms with E-state index in [-0.39, 0.29) is 18.6 Å². The van der Waals surface area contributed by atoms with Crippen LogP contribution < -0.4 is 5.32 Å². The van der Waals surface area contributed by atoms with E-state index in [0.29, 0.717) is 32.5 Å². The van der Waals surface area contributed by atoms with Gasteiger partial charge in [-0.2, -0.15) is 0 Å². The second kappa shape index (κ2) is 8.43. The molecule has 1 fully saturated rings. The highest BCUT2D eigenvalue weighted by atomic mass is 16.5. The Morgan fingerprint density at radius 3 is 2.62 bits per heavy atom. The van der Waals surface area contributed by atoms with Crippen molar-refractivity contribution in [3.63, 3.8) is 0 Å². The van der Waals surface area contributed by atoms with Gasteiger partial charge in [-0.1, -0.05) is 24.3 Å². The normalized spacial score (nSPS) is 17.5. The fourth-order valence-electron chi connectivity index (χ4n) is 3.52. The summed E-state index contributed by atoms with van der Waals surface area (Å²) in [5.41, 5.74) is 2.86. The van der Waals surface area contributed by atoms with Crippen molar-refractivity contribution in [2.24, 2.45) is 5.41 Å². The van der Waals surface area contributed by atoms with Crippen LogP contribution in [-0.2, 0) is 16.0 Å². The molecular weight excluding hydrogens is 328 g/mol. The van der Waals surface area contributed by atoms with E-state index in [4.69, 9.17) is 4.74 Å². The van der Waals surface area contributed by atoms with Gasteiger partial charge in [0.2, 0.25) is 5.91 Å². The number of aliphatic hydroxyl groups excluding tert-OH is 1. The van der Waals surface area contributed by atoms with Crippen molar-refractivity contribution in [3.8, 4) is 11.1 Å². The second-order valence-electron chi connectivity index (χ2n) is 7.02. The van der Waals surface area contributed by atoms with Crippen LogP contribution in [0.15, 0.2) is 48.8 Å². The molecule has 1 atom stereocenters. The molecule has 5 nitrogen and oxygen atoms in total. The van der Waals surface area contributed by atoms with Crippen LogP contribution in [0, 0.1) is 5.41 Å². The predicted molar refractivity (Wildman–Crippen MR) is 101 cm³/mol. The van der Waals surface area contributed by atoms with Gasteiger partial charge in [-0.3, -0.25) is 9.78 Å². The van der Waals surface area contributed by atoms with E-state index < -0.39 is 5.41 Å². The summed E-state index contributed by atoms with van der Waals surface area (Å²) in [6.45, 7) is 2.92. The van der Waals surface area contributed by atoms with E-state index >= 15 is 0 Å². The number of amides is 1. The second-order valence-corrected chi connectivity index (χ2v) is 7.02. The Morgan fingerprint density at radius 1 is 1.23 bits per heavy atom. The molecule has 2 N–H and O–H groups in total. The molecule has 1 unspecified atom stereocenters. The van der Waals surface area contributed by atoms with Gasteiger partial charge in [-0.05, 0) is 55.0 Å². The van der Waals surface area contributed by atoms with Crippen LogP contribution in [0.1, 0.15) is 25.3 Å². The molecular formula is C21H26N2O3. The van der Waals surface area contributed by atoms with Crippen molar-refractivity contribution in [1.29, 1.82) is 0 Å². The topological polar surface area (TPSA) is 71.5 Å². The molecule has 1 aliphatic heterocycles. The first kappa shape index (κ1) is 18.5. The van der Waals surface area contributed by atoms with Gasteiger partial charge in [0.05, 0.1) is 12.0 Å². The average Bonchev–Trinajstić information content (AvgIpc) is 2.69. The average molecular weight is 354 g/mol. The van der Waals surface area contributed by atoms with Gasteiger partial charge in [0.15, 0.2) is 0 Å². The lowest BCUT2D eigenvalue weighted by Gasteiger charge is -2.37. The van der Waals surface area contributed by atoms with Crippen molar-refractivity contribution >= 4 is 5.91 Å². The van der Waals surface area contributed by atoms with Gasteiger partial charge >= 0.3 is 0 Å². The Labute approximate surface area is 154 Å². The zero-order valence-corrected chi connectivity index (χ0v) is 15.1. The first-order chi connectivity index (χ1) is 12.6. The lowest BCUT2D eigenvalue weighted by Crippen LogP contribution is -2.49. The Balaban J connectivity index is 1.92. The smallest absolute Gasteiger partial charge is 0.227 e. The molecule has 0 radical (unpaired) electrons. The molecule has 1 amide bonds. The van der Waals surface area contributed by atoms with Crippen LogP contribution in [0.2, 0.25) is 0 Å². The van der Waals surface area contributed by atoms with Gasteiger partial charge in [0.25, 0.3) is 0 Å². The first-order valence-electron chi connectivity index (χ1n) is 9.12. The molecule has 0 saturated carbocycles. The lowest BCUT2D eigenvalue weighted by molar-refractivity contribution is -0.137. The van der Waals surface area contributed by atoms with Gasteiger partial charge < -0.3 is 15.2 Å². The molecule has 1 aromatic heterocycles. The zero-order chi connectivity index (χ0) is 18.4. The minimum absolute atomic E-state index is 0.00637. The Bertz CT molecular complexity index is 727. The molecule has 0 aliphatic carbocycles. The first-order valence-corrected chi connectivity index (χ1v) is 9.12. The summed E-state index contributed by atoms with van der Waals surface area (Å²) in [6, 6.07) is 11.9. The summed E-state index contributed by atoms with van der Waals surface area (Å²) in [5, 5.41) is 12.3. The maximum Gasteiger partial charge on any atom is 0.227 e. The third-order valence-electron chi connectivity index (χ3n) is 5.12. The van der Waals surface area contributed by atoms with Crippen molar-refractivity contribution < 1.29 is 14.6 Å². The maximum absolute atomic E-state index is 13.1. The molecule has 1 aliphatic rings. The number of nitrogens with zero attached hydrogens (tertiary/aromatic N) is 1. The van der Waals surface area contributed by atoms with Crippen LogP contribution in [-0.4, -0.2) is 41.9 Å². The predicted octanol–water partition coefficient (Wildman–Crippen LogP) is 2.58. The highest BCUT2D eigenvalue weighted by molar-refractivity contribution is 5.84. The van der Waals surface area contributed by atoms with Gasteiger partial charge in [0, 0.05) is 31.6 Å². The van der Waals surface area contributed by atoms with Gasteiger partial charge in [-0.15, -0.1) is 0 Å². The van der Waals surface area contributed by atoms with E-state index in [2.05, 4.69) is 22.4 Å². The third-order valence-corrected chi connectivity index (χ3v) is 5.12. The number of ether oxygens (including phenoxy) is 1. The minimum atomic E-state index is -0.509. The molecule has 26 heavy (non-hydrogen) atoms. The number of aromatic nitrogens is 1. The van der Waals surface area contributed by atoms with Crippen LogP contribution in [0.25, 0.3) is 11.1 Å². The number of carbonyl (C=O) groups is 1. The molecule has 3 rings (SSSR count). The molecule has 2 heterocycles. The van der Waals surface area contributed by atoms with Crippen molar-refractivity contribution in [3.05, 3.63) is 54.4 Å². The number of carbonyl (C=O) groups excluding carboxylic acids is 1. The van der Waals surface area contributed by atoms with Crippen molar-refractivity contribution in [2.45, 2.75) is 32.2 Å². The molecule has 5 heteroatoms. The number of aliphatic hydroxyl groups is 1. The number of rotatable bonds is 6. The standard InChI is InChI=1S/C21H26N2O3/c1-16(15-24)23-20(25)21(8-12-26-13-9-21)14-18-4-2-3-5-19(18)17-6-10-22-11-7-17/h2-7,10-11,16,24H,8-9,12-15H2,1H3,(H,23,25). The van der Waals surface area contributed by atoms with E-state index in [1.807, 2.05) is 31.2 Å². The molecule has 1 saturated heterocycles. The Morgan fingerprint density at radius 2 is 1.92 bits per heavy atom. The highest BCUT2D eigenvalue weighted by Gasteiger charge is 2.40. The van der Waals surface area contributed by atoms with Gasteiger partial charge in [0.1, 0.15) is 0 Å². The summed E-state index contributed by atoms with van der Waals surface area (Å²) in [4.78, 5) is 17.1. The van der Waals surface area contributed by atoms with Gasteiger partial charge in [-0.25, -0.2) is 0 Å². The molecule has 138 valence electrons. The Kier molecular flexibility index (Phi) is 6.01. The van der Waals surface area contributed by atoms with Crippen molar-refractivity contribution in [1.82, 2.24) is 10.3 Å². The third kappa shape index (κ3) is 4.11. The molecule has 2 aromatic rings. The molecule has 1 aromatic carbocycles. The Hall–Kier alpha value is -2.24. The fraction of sp³-hybridized carbons (Fsp3) is 0.429. The largest absolute Gasteiger partial charge is 0.394 e. The SMILES string of the molecule is CC(CO)NC(=O)C1(Cc2ccccc2-c2ccncc2)CCOCC1. The number of nitrogens with one attached hydrogen (secondary N) is 1. The monoisotopic (exact) mass is 354 g/mol. The van der Waals surface area contributed by atoms with E-state index in [9.17, 15) is 9.90 Å². The quantitative estimate of drug-likeness (QED) is 0.836. The van der Waals surface area contributed by atoms with E-state index in [0.717, 1.165) is 16.7 Å². The molecule has 0 spiro atoms. The maximum atomic E-state index is 13.1. The summed E-state index contributed by atoms with van der Waals surface area (Å²) in [5.74, 6) is 0.00637.